The largest absolute Gasteiger partial charge is 0.494 e. The van der Waals surface area contributed by atoms with E-state index in [9.17, 15) is 4.79 Å². The van der Waals surface area contributed by atoms with Crippen molar-refractivity contribution in [2.75, 3.05) is 25.0 Å². The molecule has 1 amide bonds. The summed E-state index contributed by atoms with van der Waals surface area (Å²) in [5.41, 5.74) is 2.29. The standard InChI is InChI=1S/C18H23N3O2/c1-4-21(5-2)18(22)14-11-16(13-19-12-14)20-15-7-9-17(10-8-15)23-6-3/h7-13,20H,4-6H2,1-3H3. The number of ether oxygens (including phenoxy) is 1. The third-order valence-electron chi connectivity index (χ3n) is 3.49. The van der Waals surface area contributed by atoms with E-state index in [0.29, 0.717) is 25.3 Å². The molecule has 1 aromatic heterocycles. The predicted octanol–water partition coefficient (Wildman–Crippen LogP) is 3.71. The number of pyridine rings is 1. The summed E-state index contributed by atoms with van der Waals surface area (Å²) >= 11 is 0. The van der Waals surface area contributed by atoms with Gasteiger partial charge in [0, 0.05) is 25.0 Å². The van der Waals surface area contributed by atoms with Crippen LogP contribution in [0.5, 0.6) is 5.75 Å². The Balaban J connectivity index is 2.12. The van der Waals surface area contributed by atoms with Gasteiger partial charge in [0.2, 0.25) is 0 Å². The van der Waals surface area contributed by atoms with Gasteiger partial charge in [-0.15, -0.1) is 0 Å². The summed E-state index contributed by atoms with van der Waals surface area (Å²) in [6.07, 6.45) is 3.31. The van der Waals surface area contributed by atoms with Gasteiger partial charge in [-0.2, -0.15) is 0 Å². The Labute approximate surface area is 137 Å². The minimum Gasteiger partial charge on any atom is -0.494 e. The minimum atomic E-state index is -0.00200. The number of nitrogens with zero attached hydrogens (tertiary/aromatic N) is 2. The molecule has 0 saturated carbocycles. The molecule has 5 nitrogen and oxygen atoms in total. The molecule has 0 bridgehead atoms. The van der Waals surface area contributed by atoms with E-state index in [2.05, 4.69) is 10.3 Å². The maximum atomic E-state index is 12.4. The lowest BCUT2D eigenvalue weighted by Crippen LogP contribution is -2.30. The van der Waals surface area contributed by atoms with Crippen molar-refractivity contribution in [2.45, 2.75) is 20.8 Å². The zero-order valence-electron chi connectivity index (χ0n) is 13.9. The average Bonchev–Trinajstić information content (AvgIpc) is 2.58. The molecule has 2 aromatic rings. The van der Waals surface area contributed by atoms with E-state index in [0.717, 1.165) is 17.1 Å². The van der Waals surface area contributed by atoms with Crippen LogP contribution in [0.15, 0.2) is 42.7 Å². The highest BCUT2D eigenvalue weighted by Crippen LogP contribution is 2.20. The summed E-state index contributed by atoms with van der Waals surface area (Å²) in [7, 11) is 0. The van der Waals surface area contributed by atoms with Crippen LogP contribution in [0.25, 0.3) is 0 Å². The Morgan fingerprint density at radius 3 is 2.39 bits per heavy atom. The zero-order valence-corrected chi connectivity index (χ0v) is 13.9. The van der Waals surface area contributed by atoms with Crippen molar-refractivity contribution < 1.29 is 9.53 Å². The molecule has 23 heavy (non-hydrogen) atoms. The van der Waals surface area contributed by atoms with E-state index in [1.807, 2.05) is 51.1 Å². The summed E-state index contributed by atoms with van der Waals surface area (Å²) in [6, 6.07) is 9.51. The van der Waals surface area contributed by atoms with Gasteiger partial charge in [0.05, 0.1) is 24.1 Å². The second-order valence-electron chi connectivity index (χ2n) is 5.02. The fourth-order valence-electron chi connectivity index (χ4n) is 2.29. The molecule has 0 fully saturated rings. The van der Waals surface area contributed by atoms with E-state index in [4.69, 9.17) is 4.74 Å². The highest BCUT2D eigenvalue weighted by Gasteiger charge is 2.13. The number of benzene rings is 1. The summed E-state index contributed by atoms with van der Waals surface area (Å²) in [5, 5.41) is 3.25. The quantitative estimate of drug-likeness (QED) is 0.846. The van der Waals surface area contributed by atoms with Crippen LogP contribution in [0.2, 0.25) is 0 Å². The molecule has 1 N–H and O–H groups in total. The molecule has 1 aromatic carbocycles. The van der Waals surface area contributed by atoms with Crippen molar-refractivity contribution >= 4 is 17.3 Å². The minimum absolute atomic E-state index is 0.00200. The normalized spacial score (nSPS) is 10.2. The van der Waals surface area contributed by atoms with Crippen LogP contribution in [0.3, 0.4) is 0 Å². The van der Waals surface area contributed by atoms with Crippen LogP contribution >= 0.6 is 0 Å². The first kappa shape index (κ1) is 16.8. The summed E-state index contributed by atoms with van der Waals surface area (Å²) in [6.45, 7) is 7.91. The topological polar surface area (TPSA) is 54.5 Å². The van der Waals surface area contributed by atoms with Crippen LogP contribution in [0.1, 0.15) is 31.1 Å². The second kappa shape index (κ2) is 8.17. The number of hydrogen-bond donors (Lipinski definition) is 1. The van der Waals surface area contributed by atoms with Crippen molar-refractivity contribution in [1.82, 2.24) is 9.88 Å². The number of hydrogen-bond acceptors (Lipinski definition) is 4. The van der Waals surface area contributed by atoms with E-state index in [-0.39, 0.29) is 5.91 Å². The van der Waals surface area contributed by atoms with Crippen LogP contribution in [0.4, 0.5) is 11.4 Å². The monoisotopic (exact) mass is 313 g/mol. The molecular weight excluding hydrogens is 290 g/mol. The number of carbonyl (C=O) groups is 1. The van der Waals surface area contributed by atoms with Gasteiger partial charge in [0.15, 0.2) is 0 Å². The first-order chi connectivity index (χ1) is 11.2. The Hall–Kier alpha value is -2.56. The third kappa shape index (κ3) is 4.45. The molecule has 2 rings (SSSR count). The van der Waals surface area contributed by atoms with Gasteiger partial charge in [0.25, 0.3) is 5.91 Å². The van der Waals surface area contributed by atoms with Crippen molar-refractivity contribution in [3.8, 4) is 5.75 Å². The lowest BCUT2D eigenvalue weighted by Gasteiger charge is -2.18. The van der Waals surface area contributed by atoms with Gasteiger partial charge in [0.1, 0.15) is 5.75 Å². The van der Waals surface area contributed by atoms with Crippen molar-refractivity contribution in [3.05, 3.63) is 48.3 Å². The molecule has 0 spiro atoms. The van der Waals surface area contributed by atoms with Crippen LogP contribution in [0, 0.1) is 0 Å². The fraction of sp³-hybridized carbons (Fsp3) is 0.333. The van der Waals surface area contributed by atoms with Crippen LogP contribution in [-0.4, -0.2) is 35.5 Å². The Morgan fingerprint density at radius 1 is 1.09 bits per heavy atom. The summed E-state index contributed by atoms with van der Waals surface area (Å²) in [4.78, 5) is 18.3. The molecule has 0 aliphatic heterocycles. The molecule has 122 valence electrons. The van der Waals surface area contributed by atoms with Gasteiger partial charge in [-0.25, -0.2) is 0 Å². The molecule has 0 aliphatic rings. The molecule has 0 atom stereocenters. The van der Waals surface area contributed by atoms with E-state index in [1.54, 1.807) is 17.3 Å². The molecule has 0 unspecified atom stereocenters. The number of rotatable bonds is 7. The zero-order chi connectivity index (χ0) is 16.7. The molecular formula is C18H23N3O2. The number of nitrogens with one attached hydrogen (secondary N) is 1. The maximum Gasteiger partial charge on any atom is 0.255 e. The highest BCUT2D eigenvalue weighted by atomic mass is 16.5. The summed E-state index contributed by atoms with van der Waals surface area (Å²) < 4.78 is 5.42. The number of aromatic nitrogens is 1. The number of amides is 1. The lowest BCUT2D eigenvalue weighted by molar-refractivity contribution is 0.0772. The summed E-state index contributed by atoms with van der Waals surface area (Å²) in [5.74, 6) is 0.833. The second-order valence-corrected chi connectivity index (χ2v) is 5.02. The first-order valence-corrected chi connectivity index (χ1v) is 7.92. The Morgan fingerprint density at radius 2 is 1.78 bits per heavy atom. The molecule has 0 aliphatic carbocycles. The van der Waals surface area contributed by atoms with Crippen molar-refractivity contribution in [1.29, 1.82) is 0 Å². The Bertz CT molecular complexity index is 637. The predicted molar refractivity (Wildman–Crippen MR) is 92.4 cm³/mol. The maximum absolute atomic E-state index is 12.4. The van der Waals surface area contributed by atoms with Crippen molar-refractivity contribution in [2.24, 2.45) is 0 Å². The van der Waals surface area contributed by atoms with Crippen LogP contribution in [-0.2, 0) is 0 Å². The van der Waals surface area contributed by atoms with Gasteiger partial charge in [-0.05, 0) is 51.1 Å². The smallest absolute Gasteiger partial charge is 0.255 e. The molecule has 5 heteroatoms. The fourth-order valence-corrected chi connectivity index (χ4v) is 2.29. The van der Waals surface area contributed by atoms with Gasteiger partial charge in [-0.1, -0.05) is 0 Å². The average molecular weight is 313 g/mol. The number of anilines is 2. The first-order valence-electron chi connectivity index (χ1n) is 7.92. The molecule has 0 radical (unpaired) electrons. The third-order valence-corrected chi connectivity index (χ3v) is 3.49. The van der Waals surface area contributed by atoms with E-state index >= 15 is 0 Å². The molecule has 0 saturated heterocycles. The molecule has 1 heterocycles. The van der Waals surface area contributed by atoms with Gasteiger partial charge < -0.3 is 15.0 Å². The van der Waals surface area contributed by atoms with Gasteiger partial charge in [-0.3, -0.25) is 9.78 Å². The SMILES string of the molecule is CCOc1ccc(Nc2cncc(C(=O)N(CC)CC)c2)cc1. The number of carbonyl (C=O) groups excluding carboxylic acids is 1. The van der Waals surface area contributed by atoms with E-state index < -0.39 is 0 Å². The Kier molecular flexibility index (Phi) is 5.97. The van der Waals surface area contributed by atoms with Crippen molar-refractivity contribution in [3.63, 3.8) is 0 Å². The van der Waals surface area contributed by atoms with E-state index in [1.165, 1.54) is 0 Å². The van der Waals surface area contributed by atoms with Crippen LogP contribution < -0.4 is 10.1 Å². The lowest BCUT2D eigenvalue weighted by atomic mass is 10.2. The van der Waals surface area contributed by atoms with Gasteiger partial charge >= 0.3 is 0 Å². The highest BCUT2D eigenvalue weighted by molar-refractivity contribution is 5.94.